The van der Waals surface area contributed by atoms with Crippen molar-refractivity contribution in [2.45, 2.75) is 0 Å². The molecule has 1 aromatic carbocycles. The van der Waals surface area contributed by atoms with Crippen LogP contribution in [0.4, 0.5) is 10.1 Å². The zero-order valence-electron chi connectivity index (χ0n) is 5.44. The van der Waals surface area contributed by atoms with Gasteiger partial charge in [-0.05, 0) is 34.7 Å². The third-order valence-corrected chi connectivity index (χ3v) is 1.82. The number of hydrogen-bond acceptors (Lipinski definition) is 2. The Bertz CT molecular complexity index is 307. The van der Waals surface area contributed by atoms with E-state index < -0.39 is 5.82 Å². The Morgan fingerprint density at radius 2 is 2.18 bits per heavy atom. The molecule has 11 heavy (non-hydrogen) atoms. The zero-order chi connectivity index (χ0) is 8.43. The van der Waals surface area contributed by atoms with Gasteiger partial charge in [-0.25, -0.2) is 4.39 Å². The quantitative estimate of drug-likeness (QED) is 0.573. The molecule has 0 atom stereocenters. The molecule has 0 spiro atoms. The summed E-state index contributed by atoms with van der Waals surface area (Å²) in [7, 11) is 0. The monoisotopic (exact) mass is 262 g/mol. The predicted molar refractivity (Wildman–Crippen MR) is 48.2 cm³/mol. The molecule has 0 aliphatic carbocycles. The molecule has 0 aromatic heterocycles. The van der Waals surface area contributed by atoms with E-state index >= 15 is 0 Å². The molecular weight excluding hydrogens is 258 g/mol. The molecule has 0 saturated carbocycles. The number of rotatable bonds is 0. The van der Waals surface area contributed by atoms with Crippen LogP contribution in [0.3, 0.4) is 0 Å². The van der Waals surface area contributed by atoms with Crippen molar-refractivity contribution in [1.29, 1.82) is 5.26 Å². The van der Waals surface area contributed by atoms with Gasteiger partial charge < -0.3 is 5.73 Å². The van der Waals surface area contributed by atoms with E-state index in [1.807, 2.05) is 22.6 Å². The number of benzene rings is 1. The molecular formula is C7H4FIN2. The highest BCUT2D eigenvalue weighted by molar-refractivity contribution is 14.1. The summed E-state index contributed by atoms with van der Waals surface area (Å²) in [5.41, 5.74) is 5.48. The molecule has 0 fully saturated rings. The fourth-order valence-electron chi connectivity index (χ4n) is 0.711. The van der Waals surface area contributed by atoms with E-state index in [1.54, 1.807) is 12.1 Å². The van der Waals surface area contributed by atoms with E-state index in [9.17, 15) is 4.39 Å². The first-order valence-electron chi connectivity index (χ1n) is 2.79. The summed E-state index contributed by atoms with van der Waals surface area (Å²) in [6.45, 7) is 0. The van der Waals surface area contributed by atoms with Crippen LogP contribution in [0.5, 0.6) is 0 Å². The summed E-state index contributed by atoms with van der Waals surface area (Å²) in [5, 5.41) is 8.42. The van der Waals surface area contributed by atoms with Crippen molar-refractivity contribution in [3.05, 3.63) is 27.1 Å². The molecule has 2 nitrogen and oxygen atoms in total. The number of anilines is 1. The van der Waals surface area contributed by atoms with E-state index in [2.05, 4.69) is 0 Å². The molecule has 4 heteroatoms. The maximum atomic E-state index is 12.8. The van der Waals surface area contributed by atoms with Gasteiger partial charge in [0.05, 0.1) is 5.69 Å². The first-order chi connectivity index (χ1) is 5.15. The van der Waals surface area contributed by atoms with Crippen LogP contribution in [0.1, 0.15) is 5.56 Å². The molecule has 0 heterocycles. The highest BCUT2D eigenvalue weighted by Crippen LogP contribution is 2.18. The number of nitrogen functional groups attached to an aromatic ring is 1. The van der Waals surface area contributed by atoms with Gasteiger partial charge in [-0.2, -0.15) is 5.26 Å². The standard InChI is InChI=1S/C7H4FIN2/c8-6-1-4(9)2-7(11)5(6)3-10/h1-2H,11H2. The van der Waals surface area contributed by atoms with Crippen LogP contribution in [-0.2, 0) is 0 Å². The summed E-state index contributed by atoms with van der Waals surface area (Å²) in [5.74, 6) is -0.558. The van der Waals surface area contributed by atoms with E-state index in [1.165, 1.54) is 6.07 Å². The van der Waals surface area contributed by atoms with Crippen molar-refractivity contribution >= 4 is 28.3 Å². The second-order valence-electron chi connectivity index (χ2n) is 1.96. The maximum absolute atomic E-state index is 12.8. The molecule has 1 rings (SSSR count). The van der Waals surface area contributed by atoms with Gasteiger partial charge in [-0.1, -0.05) is 0 Å². The number of hydrogen-bond donors (Lipinski definition) is 1. The Morgan fingerprint density at radius 3 is 2.64 bits per heavy atom. The lowest BCUT2D eigenvalue weighted by Crippen LogP contribution is -1.94. The van der Waals surface area contributed by atoms with Crippen molar-refractivity contribution in [1.82, 2.24) is 0 Å². The topological polar surface area (TPSA) is 49.8 Å². The number of halogens is 2. The lowest BCUT2D eigenvalue weighted by Gasteiger charge is -1.98. The van der Waals surface area contributed by atoms with Gasteiger partial charge in [0, 0.05) is 3.57 Å². The molecule has 0 aliphatic heterocycles. The Balaban J connectivity index is 3.40. The van der Waals surface area contributed by atoms with Crippen molar-refractivity contribution < 1.29 is 4.39 Å². The number of nitrogens with zero attached hydrogens (tertiary/aromatic N) is 1. The van der Waals surface area contributed by atoms with Gasteiger partial charge in [0.25, 0.3) is 0 Å². The third kappa shape index (κ3) is 1.60. The highest BCUT2D eigenvalue weighted by Gasteiger charge is 2.05. The molecule has 0 aliphatic rings. The number of nitrogens with two attached hydrogens (primary N) is 1. The Labute approximate surface area is 77.0 Å². The lowest BCUT2D eigenvalue weighted by atomic mass is 10.2. The summed E-state index contributed by atoms with van der Waals surface area (Å²) < 4.78 is 13.5. The molecule has 0 bridgehead atoms. The first kappa shape index (κ1) is 8.27. The summed E-state index contributed by atoms with van der Waals surface area (Å²) in [6, 6.07) is 4.52. The Kier molecular flexibility index (Phi) is 2.29. The van der Waals surface area contributed by atoms with Gasteiger partial charge in [-0.15, -0.1) is 0 Å². The molecule has 0 amide bonds. The summed E-state index contributed by atoms with van der Waals surface area (Å²) in [4.78, 5) is 0. The van der Waals surface area contributed by atoms with Gasteiger partial charge in [0.2, 0.25) is 0 Å². The number of nitriles is 1. The van der Waals surface area contributed by atoms with Crippen LogP contribution < -0.4 is 5.73 Å². The van der Waals surface area contributed by atoms with Gasteiger partial charge >= 0.3 is 0 Å². The average Bonchev–Trinajstić information content (AvgIpc) is 1.85. The third-order valence-electron chi connectivity index (χ3n) is 1.20. The van der Waals surface area contributed by atoms with Gasteiger partial charge in [-0.3, -0.25) is 0 Å². The largest absolute Gasteiger partial charge is 0.398 e. The lowest BCUT2D eigenvalue weighted by molar-refractivity contribution is 0.624. The summed E-state index contributed by atoms with van der Waals surface area (Å²) >= 11 is 1.93. The minimum Gasteiger partial charge on any atom is -0.398 e. The van der Waals surface area contributed by atoms with E-state index in [0.29, 0.717) is 3.57 Å². The van der Waals surface area contributed by atoms with Crippen molar-refractivity contribution in [2.75, 3.05) is 5.73 Å². The van der Waals surface area contributed by atoms with Crippen LogP contribution >= 0.6 is 22.6 Å². The molecule has 0 radical (unpaired) electrons. The molecule has 2 N–H and O–H groups in total. The smallest absolute Gasteiger partial charge is 0.144 e. The zero-order valence-corrected chi connectivity index (χ0v) is 7.59. The predicted octanol–water partition coefficient (Wildman–Crippen LogP) is 1.88. The minimum absolute atomic E-state index is 0.0783. The Hall–Kier alpha value is -0.830. The minimum atomic E-state index is -0.558. The Morgan fingerprint density at radius 1 is 1.55 bits per heavy atom. The van der Waals surface area contributed by atoms with E-state index in [-0.39, 0.29) is 11.3 Å². The van der Waals surface area contributed by atoms with Crippen LogP contribution in [0.25, 0.3) is 0 Å². The van der Waals surface area contributed by atoms with E-state index in [0.717, 1.165) is 0 Å². The van der Waals surface area contributed by atoms with Crippen molar-refractivity contribution in [3.63, 3.8) is 0 Å². The molecule has 0 saturated heterocycles. The SMILES string of the molecule is N#Cc1c(N)cc(I)cc1F. The normalized spacial score (nSPS) is 9.18. The van der Waals surface area contributed by atoms with Crippen LogP contribution in [-0.4, -0.2) is 0 Å². The van der Waals surface area contributed by atoms with Crippen LogP contribution in [0, 0.1) is 20.7 Å². The van der Waals surface area contributed by atoms with Crippen molar-refractivity contribution in [3.8, 4) is 6.07 Å². The first-order valence-corrected chi connectivity index (χ1v) is 3.87. The molecule has 0 unspecified atom stereocenters. The summed E-state index contributed by atoms with van der Waals surface area (Å²) in [6.07, 6.45) is 0. The van der Waals surface area contributed by atoms with Crippen LogP contribution in [0.15, 0.2) is 12.1 Å². The fraction of sp³-hybridized carbons (Fsp3) is 0. The fourth-order valence-corrected chi connectivity index (χ4v) is 1.32. The van der Waals surface area contributed by atoms with Gasteiger partial charge in [0.1, 0.15) is 17.4 Å². The van der Waals surface area contributed by atoms with E-state index in [4.69, 9.17) is 11.0 Å². The molecule has 1 aromatic rings. The van der Waals surface area contributed by atoms with Crippen LogP contribution in [0.2, 0.25) is 0 Å². The second kappa shape index (κ2) is 3.05. The van der Waals surface area contributed by atoms with Crippen molar-refractivity contribution in [2.24, 2.45) is 0 Å². The average molecular weight is 262 g/mol. The highest BCUT2D eigenvalue weighted by atomic mass is 127. The maximum Gasteiger partial charge on any atom is 0.144 e. The second-order valence-corrected chi connectivity index (χ2v) is 3.21. The van der Waals surface area contributed by atoms with Gasteiger partial charge in [0.15, 0.2) is 0 Å². The molecule has 56 valence electrons.